The molecular formula is C12H21N5O3. The molecule has 1 saturated heterocycles. The first kappa shape index (κ1) is 14.7. The summed E-state index contributed by atoms with van der Waals surface area (Å²) in [4.78, 5) is 18.6. The Balaban J connectivity index is 2.07. The van der Waals surface area contributed by atoms with Gasteiger partial charge in [0.25, 0.3) is 0 Å². The third kappa shape index (κ3) is 3.45. The molecule has 1 aromatic rings. The molecule has 1 aliphatic rings. The van der Waals surface area contributed by atoms with Gasteiger partial charge >= 0.3 is 6.09 Å². The highest BCUT2D eigenvalue weighted by atomic mass is 16.6. The number of likely N-dealkylation sites (tertiary alicyclic amines) is 1. The molecule has 8 heteroatoms. The summed E-state index contributed by atoms with van der Waals surface area (Å²) < 4.78 is 7.15. The van der Waals surface area contributed by atoms with Crippen LogP contribution in [0.4, 0.5) is 4.79 Å². The minimum atomic E-state index is -0.531. The van der Waals surface area contributed by atoms with Crippen LogP contribution in [0.1, 0.15) is 33.2 Å². The summed E-state index contributed by atoms with van der Waals surface area (Å²) in [5.74, 6) is 5.15. The number of carbonyl (C=O) groups is 1. The number of nitrogens with zero attached hydrogens (tertiary/aromatic N) is 4. The standard InChI is InChI=1S/C12H21N5O3/c1-12(2,3)20-11(18)16-7-9(6-10(16)8-19-13)17-5-4-14-15-17/h4-5,9-10H,6-8,13H2,1-3H3/t9-,10+/m0/s1. The van der Waals surface area contributed by atoms with Crippen molar-refractivity contribution in [3.8, 4) is 0 Å². The number of hydrogen-bond donors (Lipinski definition) is 1. The van der Waals surface area contributed by atoms with Crippen molar-refractivity contribution in [2.24, 2.45) is 5.90 Å². The Morgan fingerprint density at radius 3 is 2.80 bits per heavy atom. The Morgan fingerprint density at radius 2 is 2.25 bits per heavy atom. The first-order valence-electron chi connectivity index (χ1n) is 6.58. The first-order chi connectivity index (χ1) is 9.40. The lowest BCUT2D eigenvalue weighted by Crippen LogP contribution is -2.42. The van der Waals surface area contributed by atoms with E-state index in [9.17, 15) is 4.79 Å². The van der Waals surface area contributed by atoms with E-state index >= 15 is 0 Å². The van der Waals surface area contributed by atoms with Crippen molar-refractivity contribution >= 4 is 6.09 Å². The van der Waals surface area contributed by atoms with Gasteiger partial charge in [0, 0.05) is 12.7 Å². The summed E-state index contributed by atoms with van der Waals surface area (Å²) in [5.41, 5.74) is -0.531. The molecule has 2 rings (SSSR count). The van der Waals surface area contributed by atoms with Crippen molar-refractivity contribution in [3.63, 3.8) is 0 Å². The van der Waals surface area contributed by atoms with E-state index in [4.69, 9.17) is 15.5 Å². The number of nitrogens with two attached hydrogens (primary N) is 1. The second-order valence-electron chi connectivity index (χ2n) is 5.89. The summed E-state index contributed by atoms with van der Waals surface area (Å²) >= 11 is 0. The van der Waals surface area contributed by atoms with Crippen molar-refractivity contribution in [2.75, 3.05) is 13.2 Å². The molecule has 2 heterocycles. The minimum Gasteiger partial charge on any atom is -0.444 e. The highest BCUT2D eigenvalue weighted by Gasteiger charge is 2.38. The zero-order valence-electron chi connectivity index (χ0n) is 12.0. The van der Waals surface area contributed by atoms with Crippen LogP contribution in [0.15, 0.2) is 12.4 Å². The lowest BCUT2D eigenvalue weighted by Gasteiger charge is -2.27. The zero-order valence-corrected chi connectivity index (χ0v) is 12.0. The van der Waals surface area contributed by atoms with Gasteiger partial charge in [-0.3, -0.25) is 0 Å². The quantitative estimate of drug-likeness (QED) is 0.821. The number of hydrogen-bond acceptors (Lipinski definition) is 6. The maximum Gasteiger partial charge on any atom is 0.410 e. The Kier molecular flexibility index (Phi) is 4.24. The highest BCUT2D eigenvalue weighted by molar-refractivity contribution is 5.69. The molecule has 20 heavy (non-hydrogen) atoms. The van der Waals surface area contributed by atoms with E-state index in [1.807, 2.05) is 20.8 Å². The summed E-state index contributed by atoms with van der Waals surface area (Å²) in [6.07, 6.45) is 3.75. The monoisotopic (exact) mass is 283 g/mol. The second-order valence-corrected chi connectivity index (χ2v) is 5.89. The summed E-state index contributed by atoms with van der Waals surface area (Å²) in [6.45, 7) is 6.29. The van der Waals surface area contributed by atoms with Crippen LogP contribution in [0.5, 0.6) is 0 Å². The van der Waals surface area contributed by atoms with Crippen LogP contribution in [0.25, 0.3) is 0 Å². The average molecular weight is 283 g/mol. The predicted octanol–water partition coefficient (Wildman–Crippen LogP) is 0.719. The van der Waals surface area contributed by atoms with Crippen LogP contribution in [0.2, 0.25) is 0 Å². The molecule has 0 aromatic carbocycles. The van der Waals surface area contributed by atoms with Crippen molar-refractivity contribution in [3.05, 3.63) is 12.4 Å². The van der Waals surface area contributed by atoms with Crippen LogP contribution >= 0.6 is 0 Å². The number of ether oxygens (including phenoxy) is 1. The third-order valence-electron chi connectivity index (χ3n) is 3.12. The molecule has 2 N–H and O–H groups in total. The van der Waals surface area contributed by atoms with Gasteiger partial charge in [0.15, 0.2) is 0 Å². The SMILES string of the molecule is CC(C)(C)OC(=O)N1C[C@@H](n2ccnn2)C[C@@H]1CON. The molecular weight excluding hydrogens is 262 g/mol. The van der Waals surface area contributed by atoms with Gasteiger partial charge in [-0.15, -0.1) is 5.10 Å². The van der Waals surface area contributed by atoms with E-state index in [2.05, 4.69) is 10.3 Å². The molecule has 0 radical (unpaired) electrons. The molecule has 112 valence electrons. The smallest absolute Gasteiger partial charge is 0.410 e. The van der Waals surface area contributed by atoms with Gasteiger partial charge < -0.3 is 14.5 Å². The fourth-order valence-corrected chi connectivity index (χ4v) is 2.31. The zero-order chi connectivity index (χ0) is 14.8. The molecule has 0 aliphatic carbocycles. The summed E-state index contributed by atoms with van der Waals surface area (Å²) in [6, 6.07) is -0.0609. The van der Waals surface area contributed by atoms with E-state index in [1.54, 1.807) is 22.0 Å². The number of aromatic nitrogens is 3. The normalized spacial score (nSPS) is 23.1. The number of carbonyl (C=O) groups excluding carboxylic acids is 1. The van der Waals surface area contributed by atoms with Gasteiger partial charge in [-0.05, 0) is 27.2 Å². The van der Waals surface area contributed by atoms with Gasteiger partial charge in [0.05, 0.1) is 24.9 Å². The van der Waals surface area contributed by atoms with Gasteiger partial charge in [0.2, 0.25) is 0 Å². The molecule has 1 fully saturated rings. The number of amides is 1. The molecule has 1 amide bonds. The van der Waals surface area contributed by atoms with Crippen molar-refractivity contribution < 1.29 is 14.4 Å². The van der Waals surface area contributed by atoms with E-state index in [-0.39, 0.29) is 24.8 Å². The van der Waals surface area contributed by atoms with Crippen LogP contribution < -0.4 is 5.90 Å². The molecule has 2 atom stereocenters. The molecule has 1 aromatic heterocycles. The maximum atomic E-state index is 12.2. The third-order valence-corrected chi connectivity index (χ3v) is 3.12. The Hall–Kier alpha value is -1.67. The van der Waals surface area contributed by atoms with Crippen LogP contribution in [0, 0.1) is 0 Å². The highest BCUT2D eigenvalue weighted by Crippen LogP contribution is 2.28. The second kappa shape index (κ2) is 5.76. The van der Waals surface area contributed by atoms with E-state index in [1.165, 1.54) is 0 Å². The Morgan fingerprint density at radius 1 is 1.50 bits per heavy atom. The summed E-state index contributed by atoms with van der Waals surface area (Å²) in [5, 5.41) is 7.77. The largest absolute Gasteiger partial charge is 0.444 e. The van der Waals surface area contributed by atoms with E-state index in [0.717, 1.165) is 0 Å². The predicted molar refractivity (Wildman–Crippen MR) is 70.5 cm³/mol. The summed E-state index contributed by atoms with van der Waals surface area (Å²) in [7, 11) is 0. The number of rotatable bonds is 3. The molecule has 1 aliphatic heterocycles. The molecule has 0 saturated carbocycles. The Labute approximate surface area is 117 Å². The van der Waals surface area contributed by atoms with E-state index < -0.39 is 5.60 Å². The minimum absolute atomic E-state index is 0.0603. The van der Waals surface area contributed by atoms with Crippen LogP contribution in [-0.4, -0.2) is 50.8 Å². The molecule has 0 bridgehead atoms. The van der Waals surface area contributed by atoms with E-state index in [0.29, 0.717) is 13.0 Å². The average Bonchev–Trinajstić information content (AvgIpc) is 2.94. The van der Waals surface area contributed by atoms with Gasteiger partial charge in [0.1, 0.15) is 5.60 Å². The van der Waals surface area contributed by atoms with Gasteiger partial charge in [-0.2, -0.15) is 0 Å². The fourth-order valence-electron chi connectivity index (χ4n) is 2.31. The maximum absolute atomic E-state index is 12.2. The van der Waals surface area contributed by atoms with Crippen molar-refractivity contribution in [1.29, 1.82) is 0 Å². The molecule has 0 spiro atoms. The fraction of sp³-hybridized carbons (Fsp3) is 0.750. The molecule has 0 unspecified atom stereocenters. The van der Waals surface area contributed by atoms with Crippen LogP contribution in [-0.2, 0) is 9.57 Å². The van der Waals surface area contributed by atoms with Crippen molar-refractivity contribution in [1.82, 2.24) is 19.9 Å². The topological polar surface area (TPSA) is 95.5 Å². The Bertz CT molecular complexity index is 442. The van der Waals surface area contributed by atoms with Crippen molar-refractivity contribution in [2.45, 2.75) is 44.9 Å². The first-order valence-corrected chi connectivity index (χ1v) is 6.58. The molecule has 8 nitrogen and oxygen atoms in total. The van der Waals surface area contributed by atoms with Gasteiger partial charge in [-0.1, -0.05) is 5.21 Å². The van der Waals surface area contributed by atoms with Crippen LogP contribution in [0.3, 0.4) is 0 Å². The van der Waals surface area contributed by atoms with Gasteiger partial charge in [-0.25, -0.2) is 15.4 Å². The lowest BCUT2D eigenvalue weighted by atomic mass is 10.2. The lowest BCUT2D eigenvalue weighted by molar-refractivity contribution is 0.0103.